The van der Waals surface area contributed by atoms with Crippen LogP contribution in [-0.2, 0) is 37.9 Å². The van der Waals surface area contributed by atoms with Crippen LogP contribution in [0.3, 0.4) is 0 Å². The molecule has 1 aromatic rings. The Morgan fingerprint density at radius 1 is 0.455 bits per heavy atom. The van der Waals surface area contributed by atoms with Gasteiger partial charge >= 0.3 is 0 Å². The molecule has 0 amide bonds. The van der Waals surface area contributed by atoms with Crippen molar-refractivity contribution in [3.05, 3.63) is 24.3 Å². The average molecular weight is 1270 g/mol. The lowest BCUT2D eigenvalue weighted by atomic mass is 9.81. The summed E-state index contributed by atoms with van der Waals surface area (Å²) in [6.07, 6.45) is -35.1. The highest BCUT2D eigenvalue weighted by atomic mass is 16.8. The first-order valence-electron chi connectivity index (χ1n) is 27.6. The zero-order chi connectivity index (χ0) is 65.0. The number of nitrogens with zero attached hydrogens (tertiary/aromatic N) is 6. The minimum atomic E-state index is -2.36. The van der Waals surface area contributed by atoms with Crippen molar-refractivity contribution < 1.29 is 109 Å². The largest absolute Gasteiger partial charge is 0.394 e. The summed E-state index contributed by atoms with van der Waals surface area (Å²) in [7, 11) is 2.81. The maximum Gasteiger partial charge on any atom is 0.188 e. The smallest absolute Gasteiger partial charge is 0.188 e. The number of hydrazone groups is 2. The molecule has 498 valence electrons. The second-order valence-corrected chi connectivity index (χ2v) is 21.9. The van der Waals surface area contributed by atoms with Crippen molar-refractivity contribution in [2.24, 2.45) is 76.0 Å². The van der Waals surface area contributed by atoms with Crippen molar-refractivity contribution in [1.82, 2.24) is 10.6 Å². The summed E-state index contributed by atoms with van der Waals surface area (Å²) < 4.78 is 48.8. The molecule has 40 heteroatoms. The second kappa shape index (κ2) is 29.1. The van der Waals surface area contributed by atoms with Crippen molar-refractivity contribution in [1.29, 1.82) is 0 Å². The number of aliphatic imine (C=N–C) groups is 4. The standard InChI is InChI=1S/C48H84N18O22/c1-13-47(79,37(87-39-23(57-3)31(75)25(69)17(9-67)83-39)41(81-13)85-35-21(63-45(53)54)27(71)19(61-43(49)50)29(73)33(35)77)11-59-65-15-5-7-16(8-6-15)66-60-12-48(80)14(2)82-42(38(48)88-40-24(58-4)32(76)26(70)18(10-68)84-40)86-36-22(64-46(55)56)28(72)20(62-44(51)52)30(74)34(36)78/h5-8,11-14,17-42,57-58,65-80H,9-10H2,1-4H3,(H4,49,50,61)(H4,51,52,62)(H4,53,54,63)(H4,55,56,64). The highest BCUT2D eigenvalue weighted by Gasteiger charge is 2.63. The van der Waals surface area contributed by atoms with Gasteiger partial charge in [0.15, 0.2) is 60.2 Å². The van der Waals surface area contributed by atoms with E-state index in [4.69, 9.17) is 83.8 Å². The van der Waals surface area contributed by atoms with Gasteiger partial charge in [0.1, 0.15) is 122 Å². The average Bonchev–Trinajstić information content (AvgIpc) is 2.60. The Balaban J connectivity index is 1.13. The number of nitrogens with two attached hydrogens (primary N) is 8. The van der Waals surface area contributed by atoms with Crippen LogP contribution in [-0.4, -0.2) is 318 Å². The number of likely N-dealkylation sites (N-methyl/N-ethyl adjacent to an activating group) is 2. The Bertz CT molecular complexity index is 2460. The van der Waals surface area contributed by atoms with Crippen LogP contribution in [0, 0.1) is 0 Å². The van der Waals surface area contributed by atoms with E-state index in [1.807, 2.05) is 0 Å². The van der Waals surface area contributed by atoms with Crippen LogP contribution in [0.25, 0.3) is 0 Å². The van der Waals surface area contributed by atoms with E-state index in [0.717, 1.165) is 12.4 Å². The van der Waals surface area contributed by atoms with Gasteiger partial charge in [-0.25, -0.2) is 20.0 Å². The predicted molar refractivity (Wildman–Crippen MR) is 304 cm³/mol. The van der Waals surface area contributed by atoms with Gasteiger partial charge in [0, 0.05) is 0 Å². The zero-order valence-electron chi connectivity index (χ0n) is 47.9. The Hall–Kier alpha value is -5.72. The number of nitrogens with one attached hydrogen (secondary N) is 4. The van der Waals surface area contributed by atoms with E-state index >= 15 is 0 Å². The molecule has 1 aromatic carbocycles. The molecule has 2 aliphatic carbocycles. The summed E-state index contributed by atoms with van der Waals surface area (Å²) in [5.74, 6) is -2.29. The van der Waals surface area contributed by atoms with Gasteiger partial charge in [0.25, 0.3) is 0 Å². The van der Waals surface area contributed by atoms with Crippen LogP contribution < -0.4 is 67.4 Å². The van der Waals surface area contributed by atoms with Crippen LogP contribution in [0.5, 0.6) is 0 Å². The molecule has 34 N–H and O–H groups in total. The van der Waals surface area contributed by atoms with Crippen LogP contribution in [0.2, 0.25) is 0 Å². The first-order chi connectivity index (χ1) is 41.5. The fourth-order valence-electron chi connectivity index (χ4n) is 11.2. The van der Waals surface area contributed by atoms with E-state index in [9.17, 15) is 71.5 Å². The van der Waals surface area contributed by atoms with Crippen LogP contribution >= 0.6 is 0 Å². The SMILES string of the molecule is CNC1C(OC2C(OC3C(O)C(O)C(N=C(N)N)C(O)C3N=C(N)N)OC(C)C2(O)C=NNc2ccc(NN=CC3(O)C(C)OC(OC4C(O)C(O)C(N=C(N)N)C(O)C4N=C(N)N)C3OC3OC(CO)C(O)C(O)C3NC)cc2)OC(CO)C(O)C1O. The normalized spacial score (nSPS) is 44.6. The fraction of sp³-hybridized carbons (Fsp3) is 0.750. The number of rotatable bonds is 22. The highest BCUT2D eigenvalue weighted by molar-refractivity contribution is 5.78. The van der Waals surface area contributed by atoms with Gasteiger partial charge in [-0.2, -0.15) is 10.2 Å². The molecule has 30 atom stereocenters. The molecule has 6 fully saturated rings. The molecule has 0 spiro atoms. The van der Waals surface area contributed by atoms with E-state index in [0.29, 0.717) is 0 Å². The third kappa shape index (κ3) is 14.5. The third-order valence-electron chi connectivity index (χ3n) is 16.1. The number of hydrogen-bond donors (Lipinski definition) is 26. The molecular weight excluding hydrogens is 1180 g/mol. The molecule has 30 unspecified atom stereocenters. The molecule has 4 aliphatic heterocycles. The van der Waals surface area contributed by atoms with Crippen LogP contribution in [0.15, 0.2) is 54.4 Å². The van der Waals surface area contributed by atoms with Gasteiger partial charge in [-0.3, -0.25) is 10.9 Å². The van der Waals surface area contributed by atoms with Gasteiger partial charge < -0.3 is 166 Å². The Kier molecular flexibility index (Phi) is 23.0. The summed E-state index contributed by atoms with van der Waals surface area (Å²) in [5.41, 5.74) is 46.2. The van der Waals surface area contributed by atoms with Crippen molar-refractivity contribution in [2.75, 3.05) is 38.2 Å². The number of guanidine groups is 4. The van der Waals surface area contributed by atoms with Gasteiger partial charge in [0.05, 0.1) is 61.3 Å². The summed E-state index contributed by atoms with van der Waals surface area (Å²) in [5, 5.41) is 170. The number of aliphatic hydroxyl groups excluding tert-OH is 12. The van der Waals surface area contributed by atoms with Gasteiger partial charge in [-0.1, -0.05) is 0 Å². The number of anilines is 2. The molecule has 2 saturated carbocycles. The first-order valence-corrected chi connectivity index (χ1v) is 27.6. The lowest BCUT2D eigenvalue weighted by molar-refractivity contribution is -0.313. The molecule has 40 nitrogen and oxygen atoms in total. The topological polar surface area (TPSA) is 688 Å². The molecule has 0 bridgehead atoms. The predicted octanol–water partition coefficient (Wildman–Crippen LogP) is -14.2. The van der Waals surface area contributed by atoms with Crippen molar-refractivity contribution in [2.45, 2.75) is 196 Å². The van der Waals surface area contributed by atoms with Crippen LogP contribution in [0.4, 0.5) is 11.4 Å². The maximum atomic E-state index is 12.5. The first kappa shape index (κ1) is 69.7. The number of aliphatic hydroxyl groups is 14. The van der Waals surface area contributed by atoms with E-state index in [1.54, 1.807) is 0 Å². The minimum absolute atomic E-state index is 0.275. The lowest BCUT2D eigenvalue weighted by Crippen LogP contribution is -2.66. The van der Waals surface area contributed by atoms with E-state index in [2.05, 4.69) is 51.7 Å². The van der Waals surface area contributed by atoms with Gasteiger partial charge in [-0.05, 0) is 52.2 Å². The second-order valence-electron chi connectivity index (χ2n) is 21.9. The van der Waals surface area contributed by atoms with Gasteiger partial charge in [-0.15, -0.1) is 0 Å². The quantitative estimate of drug-likeness (QED) is 0.0291. The minimum Gasteiger partial charge on any atom is -0.394 e. The molecule has 0 aromatic heterocycles. The van der Waals surface area contributed by atoms with Crippen molar-refractivity contribution in [3.8, 4) is 0 Å². The van der Waals surface area contributed by atoms with E-state index < -0.39 is 220 Å². The maximum absolute atomic E-state index is 12.5. The van der Waals surface area contributed by atoms with Crippen molar-refractivity contribution >= 4 is 47.6 Å². The number of hydrogen-bond acceptors (Lipinski definition) is 32. The van der Waals surface area contributed by atoms with Crippen LogP contribution in [0.1, 0.15) is 13.8 Å². The highest BCUT2D eigenvalue weighted by Crippen LogP contribution is 2.41. The lowest BCUT2D eigenvalue weighted by Gasteiger charge is -2.45. The Labute approximate surface area is 501 Å². The summed E-state index contributed by atoms with van der Waals surface area (Å²) in [4.78, 5) is 15.7. The molecule has 88 heavy (non-hydrogen) atoms. The fourth-order valence-corrected chi connectivity index (χ4v) is 11.2. The molecular formula is C48H84N18O22. The van der Waals surface area contributed by atoms with Crippen molar-refractivity contribution in [3.63, 3.8) is 0 Å². The molecule has 6 aliphatic rings. The third-order valence-corrected chi connectivity index (χ3v) is 16.1. The summed E-state index contributed by atoms with van der Waals surface area (Å²) in [6.45, 7) is 1.21. The molecule has 4 saturated heterocycles. The van der Waals surface area contributed by atoms with Gasteiger partial charge in [0.2, 0.25) is 0 Å². The molecule has 4 heterocycles. The zero-order valence-corrected chi connectivity index (χ0v) is 47.9. The van der Waals surface area contributed by atoms with E-state index in [-0.39, 0.29) is 11.4 Å². The Morgan fingerprint density at radius 3 is 1.07 bits per heavy atom. The number of ether oxygens (including phenoxy) is 8. The summed E-state index contributed by atoms with van der Waals surface area (Å²) >= 11 is 0. The Morgan fingerprint density at radius 2 is 0.773 bits per heavy atom. The van der Waals surface area contributed by atoms with E-state index in [1.165, 1.54) is 52.2 Å². The monoisotopic (exact) mass is 1260 g/mol. The molecule has 7 rings (SSSR count). The summed E-state index contributed by atoms with van der Waals surface area (Å²) in [6, 6.07) is -2.82. The number of benzene rings is 1. The molecule has 0 radical (unpaired) electrons.